The maximum atomic E-state index is 13.9. The van der Waals surface area contributed by atoms with E-state index >= 15 is 0 Å². The molecular weight excluding hydrogens is 573 g/mol. The summed E-state index contributed by atoms with van der Waals surface area (Å²) in [5.41, 5.74) is 1.76. The van der Waals surface area contributed by atoms with Crippen LogP contribution >= 0.6 is 15.9 Å². The number of nitrogens with zero attached hydrogens (tertiary/aromatic N) is 2. The van der Waals surface area contributed by atoms with Crippen molar-refractivity contribution in [3.05, 3.63) is 100 Å². The van der Waals surface area contributed by atoms with Gasteiger partial charge in [-0.3, -0.25) is 13.9 Å². The molecule has 7 nitrogen and oxygen atoms in total. The summed E-state index contributed by atoms with van der Waals surface area (Å²) >= 11 is 3.35. The number of anilines is 1. The van der Waals surface area contributed by atoms with Crippen LogP contribution in [-0.2, 0) is 32.6 Å². The minimum absolute atomic E-state index is 0.00769. The average Bonchev–Trinajstić information content (AvgIpc) is 2.88. The number of halogens is 2. The van der Waals surface area contributed by atoms with Gasteiger partial charge in [0.1, 0.15) is 18.4 Å². The summed E-state index contributed by atoms with van der Waals surface area (Å²) in [5, 5.41) is 2.87. The molecule has 202 valence electrons. The molecule has 2 amide bonds. The van der Waals surface area contributed by atoms with Crippen molar-refractivity contribution in [1.29, 1.82) is 0 Å². The second kappa shape index (κ2) is 13.5. The van der Waals surface area contributed by atoms with Crippen LogP contribution in [0.2, 0.25) is 0 Å². The van der Waals surface area contributed by atoms with E-state index in [4.69, 9.17) is 0 Å². The lowest BCUT2D eigenvalue weighted by atomic mass is 10.0. The van der Waals surface area contributed by atoms with Crippen molar-refractivity contribution in [2.24, 2.45) is 0 Å². The van der Waals surface area contributed by atoms with Gasteiger partial charge in [0.15, 0.2) is 0 Å². The fourth-order valence-electron chi connectivity index (χ4n) is 3.95. The third kappa shape index (κ3) is 8.39. The molecule has 0 aliphatic heterocycles. The van der Waals surface area contributed by atoms with Crippen LogP contribution in [0.1, 0.15) is 24.5 Å². The Balaban J connectivity index is 2.03. The highest BCUT2D eigenvalue weighted by Gasteiger charge is 2.33. The lowest BCUT2D eigenvalue weighted by Gasteiger charge is -2.33. The van der Waals surface area contributed by atoms with E-state index < -0.39 is 34.3 Å². The molecule has 0 aliphatic carbocycles. The van der Waals surface area contributed by atoms with Crippen molar-refractivity contribution in [3.63, 3.8) is 0 Å². The molecule has 0 aliphatic rings. The van der Waals surface area contributed by atoms with Gasteiger partial charge in [0.25, 0.3) is 0 Å². The van der Waals surface area contributed by atoms with Crippen LogP contribution in [0.5, 0.6) is 0 Å². The molecule has 0 bridgehead atoms. The number of nitrogens with one attached hydrogen (secondary N) is 1. The van der Waals surface area contributed by atoms with Gasteiger partial charge in [0.2, 0.25) is 21.8 Å². The highest BCUT2D eigenvalue weighted by molar-refractivity contribution is 9.10. The molecule has 0 fully saturated rings. The molecule has 0 radical (unpaired) electrons. The second-order valence-corrected chi connectivity index (χ2v) is 11.7. The molecule has 3 aromatic carbocycles. The van der Waals surface area contributed by atoms with Crippen molar-refractivity contribution < 1.29 is 22.4 Å². The predicted octanol–water partition coefficient (Wildman–Crippen LogP) is 4.52. The van der Waals surface area contributed by atoms with Crippen LogP contribution in [0.4, 0.5) is 10.1 Å². The first-order valence-electron chi connectivity index (χ1n) is 12.2. The zero-order chi connectivity index (χ0) is 27.7. The first-order valence-corrected chi connectivity index (χ1v) is 14.8. The fraction of sp³-hybridized carbons (Fsp3) is 0.286. The number of amides is 2. The molecule has 1 atom stereocenters. The van der Waals surface area contributed by atoms with E-state index in [1.165, 1.54) is 17.0 Å². The second-order valence-electron chi connectivity index (χ2n) is 8.89. The monoisotopic (exact) mass is 603 g/mol. The maximum Gasteiger partial charge on any atom is 0.244 e. The summed E-state index contributed by atoms with van der Waals surface area (Å²) in [6.45, 7) is 1.83. The molecule has 0 aromatic heterocycles. The number of rotatable bonds is 12. The van der Waals surface area contributed by atoms with E-state index in [9.17, 15) is 22.4 Å². The molecule has 0 saturated carbocycles. The van der Waals surface area contributed by atoms with Gasteiger partial charge in [-0.05, 0) is 47.9 Å². The summed E-state index contributed by atoms with van der Waals surface area (Å²) in [5.74, 6) is -1.34. The Morgan fingerprint density at radius 3 is 2.26 bits per heavy atom. The van der Waals surface area contributed by atoms with E-state index in [0.717, 1.165) is 16.1 Å². The molecule has 0 heterocycles. The van der Waals surface area contributed by atoms with Gasteiger partial charge < -0.3 is 10.2 Å². The highest BCUT2D eigenvalue weighted by Crippen LogP contribution is 2.23. The molecule has 3 rings (SSSR count). The topological polar surface area (TPSA) is 86.8 Å². The standard InChI is InChI=1S/C28H31BrFN3O4S/c1-3-16-31-28(35)26(17-21-8-5-4-6-9-21)32(19-22-12-14-24(30)15-13-22)27(34)20-33(38(2,36)37)25-11-7-10-23(29)18-25/h4-15,18,26H,3,16-17,19-20H2,1-2H3,(H,31,35). The Morgan fingerprint density at radius 1 is 0.974 bits per heavy atom. The Morgan fingerprint density at radius 2 is 1.66 bits per heavy atom. The van der Waals surface area contributed by atoms with Crippen LogP contribution < -0.4 is 9.62 Å². The molecule has 1 unspecified atom stereocenters. The van der Waals surface area contributed by atoms with Crippen molar-refractivity contribution in [2.45, 2.75) is 32.4 Å². The molecule has 1 N–H and O–H groups in total. The van der Waals surface area contributed by atoms with Crippen molar-refractivity contribution in [3.8, 4) is 0 Å². The summed E-state index contributed by atoms with van der Waals surface area (Å²) in [4.78, 5) is 28.7. The minimum Gasteiger partial charge on any atom is -0.354 e. The Hall–Kier alpha value is -3.24. The molecule has 0 saturated heterocycles. The number of hydrogen-bond acceptors (Lipinski definition) is 4. The fourth-order valence-corrected chi connectivity index (χ4v) is 5.18. The van der Waals surface area contributed by atoms with E-state index in [1.54, 1.807) is 36.4 Å². The number of carbonyl (C=O) groups excluding carboxylic acids is 2. The van der Waals surface area contributed by atoms with Crippen LogP contribution in [0.3, 0.4) is 0 Å². The Labute approximate surface area is 231 Å². The van der Waals surface area contributed by atoms with E-state index in [2.05, 4.69) is 21.2 Å². The first-order chi connectivity index (χ1) is 18.1. The predicted molar refractivity (Wildman–Crippen MR) is 151 cm³/mol. The highest BCUT2D eigenvalue weighted by atomic mass is 79.9. The van der Waals surface area contributed by atoms with E-state index in [1.807, 2.05) is 37.3 Å². The van der Waals surface area contributed by atoms with Crippen molar-refractivity contribution in [1.82, 2.24) is 10.2 Å². The Bertz CT molecular complexity index is 1340. The number of sulfonamides is 1. The van der Waals surface area contributed by atoms with Crippen molar-refractivity contribution >= 4 is 43.5 Å². The van der Waals surface area contributed by atoms with Gasteiger partial charge in [-0.2, -0.15) is 0 Å². The Kier molecular flexibility index (Phi) is 10.4. The SMILES string of the molecule is CCCNC(=O)C(Cc1ccccc1)N(Cc1ccc(F)cc1)C(=O)CN(c1cccc(Br)c1)S(C)(=O)=O. The van der Waals surface area contributed by atoms with E-state index in [0.29, 0.717) is 28.7 Å². The third-order valence-electron chi connectivity index (χ3n) is 5.86. The summed E-state index contributed by atoms with van der Waals surface area (Å²) in [6.07, 6.45) is 1.96. The van der Waals surface area contributed by atoms with E-state index in [-0.39, 0.29) is 18.9 Å². The maximum absolute atomic E-state index is 13.9. The first kappa shape index (κ1) is 29.3. The van der Waals surface area contributed by atoms with Crippen LogP contribution in [-0.4, -0.2) is 50.5 Å². The number of carbonyl (C=O) groups is 2. The lowest BCUT2D eigenvalue weighted by molar-refractivity contribution is -0.140. The van der Waals surface area contributed by atoms with Crippen LogP contribution in [0.25, 0.3) is 0 Å². The molecule has 38 heavy (non-hydrogen) atoms. The smallest absolute Gasteiger partial charge is 0.244 e. The van der Waals surface area contributed by atoms with Crippen LogP contribution in [0.15, 0.2) is 83.3 Å². The number of hydrogen-bond donors (Lipinski definition) is 1. The van der Waals surface area contributed by atoms with Gasteiger partial charge >= 0.3 is 0 Å². The molecular formula is C28H31BrFN3O4S. The van der Waals surface area contributed by atoms with Gasteiger partial charge in [-0.1, -0.05) is 71.4 Å². The van der Waals surface area contributed by atoms with Gasteiger partial charge in [-0.25, -0.2) is 12.8 Å². The van der Waals surface area contributed by atoms with Gasteiger partial charge in [-0.15, -0.1) is 0 Å². The summed E-state index contributed by atoms with van der Waals surface area (Å²) < 4.78 is 40.8. The normalized spacial score (nSPS) is 12.0. The quantitative estimate of drug-likeness (QED) is 0.330. The minimum atomic E-state index is -3.85. The number of benzene rings is 3. The van der Waals surface area contributed by atoms with Gasteiger partial charge in [0.05, 0.1) is 11.9 Å². The molecule has 3 aromatic rings. The van der Waals surface area contributed by atoms with Gasteiger partial charge in [0, 0.05) is 24.0 Å². The van der Waals surface area contributed by atoms with Crippen molar-refractivity contribution in [2.75, 3.05) is 23.7 Å². The third-order valence-corrected chi connectivity index (χ3v) is 7.50. The zero-order valence-corrected chi connectivity index (χ0v) is 23.7. The summed E-state index contributed by atoms with van der Waals surface area (Å²) in [6, 6.07) is 20.6. The largest absolute Gasteiger partial charge is 0.354 e. The zero-order valence-electron chi connectivity index (χ0n) is 21.3. The summed E-state index contributed by atoms with van der Waals surface area (Å²) in [7, 11) is -3.85. The molecule has 0 spiro atoms. The molecule has 10 heteroatoms. The lowest BCUT2D eigenvalue weighted by Crippen LogP contribution is -2.53. The van der Waals surface area contributed by atoms with Crippen LogP contribution in [0, 0.1) is 5.82 Å². The average molecular weight is 605 g/mol.